The molecule has 0 rings (SSSR count). The zero-order chi connectivity index (χ0) is 9.94. The summed E-state index contributed by atoms with van der Waals surface area (Å²) in [4.78, 5) is 0. The summed E-state index contributed by atoms with van der Waals surface area (Å²) < 4.78 is 0. The topological polar surface area (TPSA) is 0 Å². The summed E-state index contributed by atoms with van der Waals surface area (Å²) in [5.74, 6) is 0.954. The van der Waals surface area contributed by atoms with Gasteiger partial charge in [0, 0.05) is 0 Å². The molecule has 0 spiro atoms. The van der Waals surface area contributed by atoms with Gasteiger partial charge in [-0.3, -0.25) is 0 Å². The van der Waals surface area contributed by atoms with E-state index in [-0.39, 0.29) is 0 Å². The fraction of sp³-hybridized carbons (Fsp3) is 1.00. The standard InChI is InChI=1S/C13H28/c1-4-6-7-8-9-10-11-12-13(3)5-2/h13H,4-12H2,1-3H3/t13-/m1/s1. The summed E-state index contributed by atoms with van der Waals surface area (Å²) in [6, 6.07) is 0. The third kappa shape index (κ3) is 9.92. The van der Waals surface area contributed by atoms with Crippen LogP contribution in [0.3, 0.4) is 0 Å². The second kappa shape index (κ2) is 10.1. The molecule has 0 amide bonds. The van der Waals surface area contributed by atoms with E-state index in [4.69, 9.17) is 0 Å². The Bertz CT molecular complexity index is 86.0. The summed E-state index contributed by atoms with van der Waals surface area (Å²) in [5, 5.41) is 0. The highest BCUT2D eigenvalue weighted by atomic mass is 14.0. The molecule has 0 nitrogen and oxygen atoms in total. The molecule has 0 N–H and O–H groups in total. The van der Waals surface area contributed by atoms with Gasteiger partial charge in [0.15, 0.2) is 0 Å². The zero-order valence-electron chi connectivity index (χ0n) is 9.94. The van der Waals surface area contributed by atoms with Gasteiger partial charge in [0.1, 0.15) is 0 Å². The predicted octanol–water partition coefficient (Wildman–Crippen LogP) is 5.17. The van der Waals surface area contributed by atoms with Gasteiger partial charge in [-0.15, -0.1) is 0 Å². The quantitative estimate of drug-likeness (QED) is 0.433. The van der Waals surface area contributed by atoms with Crippen molar-refractivity contribution in [2.45, 2.75) is 78.6 Å². The van der Waals surface area contributed by atoms with Crippen molar-refractivity contribution in [2.75, 3.05) is 0 Å². The number of unbranched alkanes of at least 4 members (excludes halogenated alkanes) is 6. The molecule has 0 bridgehead atoms. The first-order valence-corrected chi connectivity index (χ1v) is 6.31. The molecule has 80 valence electrons. The number of hydrogen-bond acceptors (Lipinski definition) is 0. The van der Waals surface area contributed by atoms with Crippen molar-refractivity contribution in [2.24, 2.45) is 5.92 Å². The molecule has 0 unspecified atom stereocenters. The van der Waals surface area contributed by atoms with Crippen LogP contribution in [0.25, 0.3) is 0 Å². The maximum absolute atomic E-state index is 2.37. The fourth-order valence-corrected chi connectivity index (χ4v) is 1.65. The zero-order valence-corrected chi connectivity index (χ0v) is 9.94. The minimum atomic E-state index is 0.954. The molecule has 0 heterocycles. The molecule has 0 aliphatic heterocycles. The highest BCUT2D eigenvalue weighted by Gasteiger charge is 1.97. The van der Waals surface area contributed by atoms with E-state index in [2.05, 4.69) is 20.8 Å². The molecule has 13 heavy (non-hydrogen) atoms. The Balaban J connectivity index is 2.91. The molecular formula is C13H28. The van der Waals surface area contributed by atoms with Crippen LogP contribution in [0, 0.1) is 5.92 Å². The van der Waals surface area contributed by atoms with E-state index in [0.29, 0.717) is 0 Å². The van der Waals surface area contributed by atoms with E-state index in [1.54, 1.807) is 0 Å². The maximum atomic E-state index is 2.37. The largest absolute Gasteiger partial charge is 0.0654 e. The highest BCUT2D eigenvalue weighted by Crippen LogP contribution is 2.14. The van der Waals surface area contributed by atoms with E-state index in [1.807, 2.05) is 0 Å². The van der Waals surface area contributed by atoms with Gasteiger partial charge in [0.25, 0.3) is 0 Å². The molecule has 0 aromatic rings. The van der Waals surface area contributed by atoms with Gasteiger partial charge in [0.2, 0.25) is 0 Å². The van der Waals surface area contributed by atoms with E-state index in [0.717, 1.165) is 5.92 Å². The van der Waals surface area contributed by atoms with Crippen molar-refractivity contribution < 1.29 is 0 Å². The van der Waals surface area contributed by atoms with Gasteiger partial charge in [-0.25, -0.2) is 0 Å². The van der Waals surface area contributed by atoms with Crippen molar-refractivity contribution in [3.8, 4) is 0 Å². The van der Waals surface area contributed by atoms with Crippen LogP contribution >= 0.6 is 0 Å². The van der Waals surface area contributed by atoms with Gasteiger partial charge in [-0.2, -0.15) is 0 Å². The van der Waals surface area contributed by atoms with Crippen LogP contribution < -0.4 is 0 Å². The molecule has 0 aliphatic carbocycles. The summed E-state index contributed by atoms with van der Waals surface area (Å²) in [6.07, 6.45) is 12.9. The average molecular weight is 184 g/mol. The Kier molecular flexibility index (Phi) is 10.1. The minimum Gasteiger partial charge on any atom is -0.0654 e. The van der Waals surface area contributed by atoms with E-state index in [1.165, 1.54) is 57.8 Å². The first-order valence-electron chi connectivity index (χ1n) is 6.31. The van der Waals surface area contributed by atoms with Crippen LogP contribution in [0.15, 0.2) is 0 Å². The molecule has 0 radical (unpaired) electrons. The van der Waals surface area contributed by atoms with Crippen LogP contribution in [-0.4, -0.2) is 0 Å². The molecule has 0 saturated heterocycles. The summed E-state index contributed by atoms with van der Waals surface area (Å²) in [7, 11) is 0. The number of hydrogen-bond donors (Lipinski definition) is 0. The van der Waals surface area contributed by atoms with Gasteiger partial charge < -0.3 is 0 Å². The Morgan fingerprint density at radius 3 is 1.85 bits per heavy atom. The van der Waals surface area contributed by atoms with E-state index >= 15 is 0 Å². The van der Waals surface area contributed by atoms with Gasteiger partial charge in [-0.05, 0) is 5.92 Å². The fourth-order valence-electron chi connectivity index (χ4n) is 1.65. The molecule has 0 aromatic carbocycles. The Labute approximate surface area is 85.1 Å². The Morgan fingerprint density at radius 1 is 0.769 bits per heavy atom. The predicted molar refractivity (Wildman–Crippen MR) is 62.1 cm³/mol. The number of rotatable bonds is 9. The summed E-state index contributed by atoms with van der Waals surface area (Å²) in [5.41, 5.74) is 0. The van der Waals surface area contributed by atoms with Crippen molar-refractivity contribution in [3.63, 3.8) is 0 Å². The molecule has 0 saturated carbocycles. The normalized spacial score (nSPS) is 13.2. The van der Waals surface area contributed by atoms with Gasteiger partial charge in [0.05, 0.1) is 0 Å². The lowest BCUT2D eigenvalue weighted by Crippen LogP contribution is -1.91. The van der Waals surface area contributed by atoms with Crippen molar-refractivity contribution in [1.29, 1.82) is 0 Å². The third-order valence-electron chi connectivity index (χ3n) is 3.00. The highest BCUT2D eigenvalue weighted by molar-refractivity contribution is 4.51. The minimum absolute atomic E-state index is 0.954. The first-order chi connectivity index (χ1) is 6.31. The van der Waals surface area contributed by atoms with Crippen LogP contribution in [0.2, 0.25) is 0 Å². The van der Waals surface area contributed by atoms with Crippen LogP contribution in [-0.2, 0) is 0 Å². The SMILES string of the molecule is CCCCCCCCC[C@H](C)CC. The molecular weight excluding hydrogens is 156 g/mol. The lowest BCUT2D eigenvalue weighted by molar-refractivity contribution is 0.471. The molecule has 0 fully saturated rings. The van der Waals surface area contributed by atoms with Crippen LogP contribution in [0.4, 0.5) is 0 Å². The van der Waals surface area contributed by atoms with E-state index in [9.17, 15) is 0 Å². The van der Waals surface area contributed by atoms with Crippen LogP contribution in [0.5, 0.6) is 0 Å². The Morgan fingerprint density at radius 2 is 1.31 bits per heavy atom. The Hall–Kier alpha value is 0. The summed E-state index contributed by atoms with van der Waals surface area (Å²) >= 11 is 0. The maximum Gasteiger partial charge on any atom is -0.0445 e. The molecule has 0 aliphatic rings. The molecule has 1 atom stereocenters. The van der Waals surface area contributed by atoms with Crippen molar-refractivity contribution >= 4 is 0 Å². The molecule has 0 aromatic heterocycles. The lowest BCUT2D eigenvalue weighted by Gasteiger charge is -2.07. The second-order valence-electron chi connectivity index (χ2n) is 4.42. The van der Waals surface area contributed by atoms with Crippen molar-refractivity contribution in [3.05, 3.63) is 0 Å². The van der Waals surface area contributed by atoms with Gasteiger partial charge in [-0.1, -0.05) is 78.6 Å². The summed E-state index contributed by atoms with van der Waals surface area (Å²) in [6.45, 7) is 6.95. The van der Waals surface area contributed by atoms with Gasteiger partial charge >= 0.3 is 0 Å². The van der Waals surface area contributed by atoms with E-state index < -0.39 is 0 Å². The lowest BCUT2D eigenvalue weighted by atomic mass is 10.00. The first kappa shape index (κ1) is 13.0. The smallest absolute Gasteiger partial charge is 0.0445 e. The van der Waals surface area contributed by atoms with Crippen molar-refractivity contribution in [1.82, 2.24) is 0 Å². The molecule has 0 heteroatoms. The van der Waals surface area contributed by atoms with Crippen LogP contribution in [0.1, 0.15) is 78.6 Å². The third-order valence-corrected chi connectivity index (χ3v) is 3.00. The second-order valence-corrected chi connectivity index (χ2v) is 4.42. The monoisotopic (exact) mass is 184 g/mol. The average Bonchev–Trinajstić information content (AvgIpc) is 2.16.